The third kappa shape index (κ3) is 4.10. The number of hydrogen-bond acceptors (Lipinski definition) is 3. The first-order chi connectivity index (χ1) is 19.0. The van der Waals surface area contributed by atoms with Gasteiger partial charge in [-0.25, -0.2) is 0 Å². The highest BCUT2D eigenvalue weighted by Crippen LogP contribution is 2.78. The van der Waals surface area contributed by atoms with Gasteiger partial charge in [-0.3, -0.25) is 9.59 Å². The number of carbonyl (C=O) groups is 2. The first-order valence-corrected chi connectivity index (χ1v) is 17.3. The van der Waals surface area contributed by atoms with E-state index in [1.165, 1.54) is 83.5 Å². The SMILES string of the molecule is COC(=O)C12CCCC3CC1CC(C14CC5CC(C(=O)N(C)C6CCC(C(C)(C)C)CC6)CC(C1)C(C5)C4)(C3)C2. The Morgan fingerprint density at radius 3 is 2.20 bits per heavy atom. The fourth-order valence-corrected chi connectivity index (χ4v) is 13.3. The maximum Gasteiger partial charge on any atom is 0.312 e. The van der Waals surface area contributed by atoms with Gasteiger partial charge in [0.2, 0.25) is 5.91 Å². The van der Waals surface area contributed by atoms with Gasteiger partial charge in [0.05, 0.1) is 12.5 Å². The van der Waals surface area contributed by atoms with Crippen molar-refractivity contribution in [3.63, 3.8) is 0 Å². The van der Waals surface area contributed by atoms with Gasteiger partial charge in [0, 0.05) is 19.0 Å². The largest absolute Gasteiger partial charge is 0.469 e. The van der Waals surface area contributed by atoms with Gasteiger partial charge in [0.25, 0.3) is 0 Å². The molecule has 7 rings (SSSR count). The van der Waals surface area contributed by atoms with E-state index in [1.54, 1.807) is 7.11 Å². The molecule has 0 aromatic rings. The molecule has 0 heterocycles. The molecule has 7 saturated carbocycles. The fraction of sp³-hybridized carbons (Fsp3) is 0.944. The molecule has 0 aliphatic heterocycles. The van der Waals surface area contributed by atoms with Crippen LogP contribution in [0.3, 0.4) is 0 Å². The molecule has 0 aromatic carbocycles. The Balaban J connectivity index is 1.08. The van der Waals surface area contributed by atoms with Gasteiger partial charge in [-0.1, -0.05) is 33.6 Å². The minimum atomic E-state index is -0.202. The van der Waals surface area contributed by atoms with Gasteiger partial charge < -0.3 is 9.64 Å². The van der Waals surface area contributed by atoms with Crippen LogP contribution in [0.15, 0.2) is 0 Å². The molecule has 1 amide bonds. The predicted octanol–water partition coefficient (Wildman–Crippen LogP) is 8.03. The monoisotopic (exact) mass is 551 g/mol. The van der Waals surface area contributed by atoms with Gasteiger partial charge in [-0.15, -0.1) is 0 Å². The summed E-state index contributed by atoms with van der Waals surface area (Å²) in [6.07, 6.45) is 21.2. The molecule has 9 atom stereocenters. The van der Waals surface area contributed by atoms with Crippen molar-refractivity contribution in [2.75, 3.05) is 14.2 Å². The summed E-state index contributed by atoms with van der Waals surface area (Å²) in [5.74, 6) is 5.22. The summed E-state index contributed by atoms with van der Waals surface area (Å²) < 4.78 is 5.55. The number of hydrogen-bond donors (Lipinski definition) is 0. The maximum absolute atomic E-state index is 14.0. The molecule has 0 saturated heterocycles. The lowest BCUT2D eigenvalue weighted by atomic mass is 9.50. The summed E-state index contributed by atoms with van der Waals surface area (Å²) in [5, 5.41) is 0. The van der Waals surface area contributed by atoms with Crippen LogP contribution in [0.5, 0.6) is 0 Å². The molecule has 0 radical (unpaired) electrons. The third-order valence-electron chi connectivity index (χ3n) is 15.0. The topological polar surface area (TPSA) is 46.6 Å². The Labute approximate surface area is 244 Å². The zero-order chi connectivity index (χ0) is 28.1. The summed E-state index contributed by atoms with van der Waals surface area (Å²) in [6.45, 7) is 7.15. The summed E-state index contributed by atoms with van der Waals surface area (Å²) in [5.41, 5.74) is 0.947. The van der Waals surface area contributed by atoms with Gasteiger partial charge in [-0.05, 0) is 148 Å². The zero-order valence-corrected chi connectivity index (χ0v) is 26.3. The highest BCUT2D eigenvalue weighted by molar-refractivity contribution is 5.79. The van der Waals surface area contributed by atoms with Crippen molar-refractivity contribution in [2.24, 2.45) is 63.1 Å². The number of fused-ring (bicyclic) bond motifs is 5. The van der Waals surface area contributed by atoms with E-state index in [2.05, 4.69) is 32.7 Å². The van der Waals surface area contributed by atoms with Crippen molar-refractivity contribution in [1.82, 2.24) is 4.90 Å². The number of amides is 1. The molecule has 7 aliphatic carbocycles. The molecule has 40 heavy (non-hydrogen) atoms. The van der Waals surface area contributed by atoms with Crippen molar-refractivity contribution in [2.45, 2.75) is 136 Å². The van der Waals surface area contributed by atoms with Crippen LogP contribution in [0.4, 0.5) is 0 Å². The molecule has 7 aliphatic rings. The molecule has 7 fully saturated rings. The van der Waals surface area contributed by atoms with E-state index < -0.39 is 0 Å². The number of rotatable bonds is 4. The predicted molar refractivity (Wildman–Crippen MR) is 158 cm³/mol. The minimum absolute atomic E-state index is 0.120. The van der Waals surface area contributed by atoms with Crippen LogP contribution in [0.25, 0.3) is 0 Å². The summed E-state index contributed by atoms with van der Waals surface area (Å²) in [6, 6.07) is 0.444. The standard InChI is InChI=1S/C36H57NO3/c1-33(2,3)28-8-10-30(11-9-28)37(4)31(38)25-13-24-14-26-19-34(18-24,20-27(26)16-25)35-17-23-7-6-12-36(22-35,32(39)40-5)29(15-23)21-35/h23-30H,6-22H2,1-5H3. The molecular formula is C36H57NO3. The average Bonchev–Trinajstić information content (AvgIpc) is 3.21. The van der Waals surface area contributed by atoms with E-state index in [4.69, 9.17) is 4.74 Å². The number of carbonyl (C=O) groups excluding carboxylic acids is 2. The second-order valence-corrected chi connectivity index (χ2v) is 17.7. The first-order valence-electron chi connectivity index (χ1n) is 17.3. The molecule has 6 bridgehead atoms. The van der Waals surface area contributed by atoms with Crippen LogP contribution in [0.2, 0.25) is 0 Å². The highest BCUT2D eigenvalue weighted by Gasteiger charge is 2.71. The van der Waals surface area contributed by atoms with Crippen molar-refractivity contribution in [3.05, 3.63) is 0 Å². The van der Waals surface area contributed by atoms with Gasteiger partial charge in [0.1, 0.15) is 0 Å². The second kappa shape index (κ2) is 9.47. The Morgan fingerprint density at radius 1 is 0.800 bits per heavy atom. The molecule has 224 valence electrons. The normalized spacial score (nSPS) is 49.4. The lowest BCUT2D eigenvalue weighted by Gasteiger charge is -2.55. The molecule has 4 heteroatoms. The van der Waals surface area contributed by atoms with Crippen LogP contribution in [0, 0.1) is 63.1 Å². The van der Waals surface area contributed by atoms with Gasteiger partial charge in [-0.2, -0.15) is 0 Å². The van der Waals surface area contributed by atoms with Crippen LogP contribution < -0.4 is 0 Å². The summed E-state index contributed by atoms with van der Waals surface area (Å²) in [4.78, 5) is 29.7. The first kappa shape index (κ1) is 27.8. The third-order valence-corrected chi connectivity index (χ3v) is 15.0. The number of nitrogens with zero attached hydrogens (tertiary/aromatic N) is 1. The van der Waals surface area contributed by atoms with E-state index in [9.17, 15) is 9.59 Å². The maximum atomic E-state index is 14.0. The van der Waals surface area contributed by atoms with E-state index in [-0.39, 0.29) is 17.3 Å². The van der Waals surface area contributed by atoms with Crippen LogP contribution in [0.1, 0.15) is 130 Å². The van der Waals surface area contributed by atoms with E-state index in [1.807, 2.05) is 0 Å². The van der Waals surface area contributed by atoms with Crippen molar-refractivity contribution < 1.29 is 14.3 Å². The number of methoxy groups -OCH3 is 1. The van der Waals surface area contributed by atoms with Crippen molar-refractivity contribution in [1.29, 1.82) is 0 Å². The van der Waals surface area contributed by atoms with Crippen LogP contribution in [-0.2, 0) is 14.3 Å². The molecule has 9 unspecified atom stereocenters. The summed E-state index contributed by atoms with van der Waals surface area (Å²) >= 11 is 0. The molecule has 0 spiro atoms. The van der Waals surface area contributed by atoms with E-state index in [0.29, 0.717) is 40.0 Å². The second-order valence-electron chi connectivity index (χ2n) is 17.7. The Morgan fingerprint density at radius 2 is 1.50 bits per heavy atom. The van der Waals surface area contributed by atoms with Crippen LogP contribution >= 0.6 is 0 Å². The zero-order valence-electron chi connectivity index (χ0n) is 26.3. The number of esters is 1. The Kier molecular flexibility index (Phi) is 6.57. The molecule has 0 aromatic heterocycles. The minimum Gasteiger partial charge on any atom is -0.469 e. The van der Waals surface area contributed by atoms with E-state index in [0.717, 1.165) is 49.4 Å². The van der Waals surface area contributed by atoms with Gasteiger partial charge >= 0.3 is 5.97 Å². The Hall–Kier alpha value is -1.06. The summed E-state index contributed by atoms with van der Waals surface area (Å²) in [7, 11) is 3.77. The average molecular weight is 552 g/mol. The smallest absolute Gasteiger partial charge is 0.312 e. The van der Waals surface area contributed by atoms with Gasteiger partial charge in [0.15, 0.2) is 0 Å². The number of ether oxygens (including phenoxy) is 1. The fourth-order valence-electron chi connectivity index (χ4n) is 13.3. The Bertz CT molecular complexity index is 1020. The molecule has 0 N–H and O–H groups in total. The van der Waals surface area contributed by atoms with Crippen molar-refractivity contribution >= 4 is 11.9 Å². The lowest BCUT2D eigenvalue weighted by Crippen LogP contribution is -2.47. The molecule has 4 nitrogen and oxygen atoms in total. The quantitative estimate of drug-likeness (QED) is 0.332. The van der Waals surface area contributed by atoms with E-state index >= 15 is 0 Å². The van der Waals surface area contributed by atoms with Crippen LogP contribution in [-0.4, -0.2) is 37.0 Å². The van der Waals surface area contributed by atoms with Crippen molar-refractivity contribution in [3.8, 4) is 0 Å². The lowest BCUT2D eigenvalue weighted by molar-refractivity contribution is -0.156. The highest BCUT2D eigenvalue weighted by atomic mass is 16.5. The molecular weight excluding hydrogens is 494 g/mol.